The summed E-state index contributed by atoms with van der Waals surface area (Å²) < 4.78 is 5.78. The number of benzene rings is 1. The molecule has 0 amide bonds. The molecule has 0 saturated carbocycles. The smallest absolute Gasteiger partial charge is 0.128 e. The van der Waals surface area contributed by atoms with Crippen LogP contribution in [0.2, 0.25) is 0 Å². The molecule has 1 aliphatic rings. The van der Waals surface area contributed by atoms with Crippen molar-refractivity contribution in [2.24, 2.45) is 0 Å². The van der Waals surface area contributed by atoms with Gasteiger partial charge in [-0.05, 0) is 26.4 Å². The number of likely N-dealkylation sites (tertiary alicyclic amines) is 1. The molecule has 0 aliphatic carbocycles. The molecule has 1 aliphatic heterocycles. The van der Waals surface area contributed by atoms with Gasteiger partial charge in [0.2, 0.25) is 0 Å². The van der Waals surface area contributed by atoms with Gasteiger partial charge in [0, 0.05) is 10.8 Å². The van der Waals surface area contributed by atoms with Crippen LogP contribution in [-0.2, 0) is 0 Å². The Balaban J connectivity index is 2.04. The van der Waals surface area contributed by atoms with E-state index in [2.05, 4.69) is 36.2 Å². The first-order valence-electron chi connectivity index (χ1n) is 6.02. The van der Waals surface area contributed by atoms with Crippen molar-refractivity contribution in [1.29, 1.82) is 0 Å². The zero-order chi connectivity index (χ0) is 11.0. The third kappa shape index (κ3) is 1.54. The molecule has 2 heterocycles. The quantitative estimate of drug-likeness (QED) is 0.722. The minimum Gasteiger partial charge on any atom is -0.466 e. The highest BCUT2D eigenvalue weighted by Crippen LogP contribution is 2.34. The molecule has 1 aromatic heterocycles. The van der Waals surface area contributed by atoms with Crippen LogP contribution in [0.25, 0.3) is 10.8 Å². The second-order valence-electron chi connectivity index (χ2n) is 4.68. The second-order valence-corrected chi connectivity index (χ2v) is 4.68. The topological polar surface area (TPSA) is 16.4 Å². The lowest BCUT2D eigenvalue weighted by Gasteiger charge is -2.31. The molecule has 1 unspecified atom stereocenters. The van der Waals surface area contributed by atoms with E-state index in [0.29, 0.717) is 6.04 Å². The van der Waals surface area contributed by atoms with E-state index < -0.39 is 0 Å². The summed E-state index contributed by atoms with van der Waals surface area (Å²) in [5, 5.41) is 2.50. The standard InChI is InChI=1S/C14H17NO/c1-15-9-5-4-8-13(15)14-12-7-3-2-6-11(12)10-16-14/h2-3,6-7,10,13H,4-5,8-9H2,1H3. The van der Waals surface area contributed by atoms with Gasteiger partial charge in [-0.1, -0.05) is 30.7 Å². The van der Waals surface area contributed by atoms with Crippen LogP contribution < -0.4 is 0 Å². The first-order valence-corrected chi connectivity index (χ1v) is 6.02. The van der Waals surface area contributed by atoms with Crippen molar-refractivity contribution in [2.45, 2.75) is 25.3 Å². The molecule has 0 spiro atoms. The molecule has 1 fully saturated rings. The van der Waals surface area contributed by atoms with Crippen molar-refractivity contribution >= 4 is 10.8 Å². The minimum atomic E-state index is 0.466. The van der Waals surface area contributed by atoms with Gasteiger partial charge in [0.25, 0.3) is 0 Å². The molecule has 0 radical (unpaired) electrons. The fourth-order valence-electron chi connectivity index (χ4n) is 2.68. The number of nitrogens with zero attached hydrogens (tertiary/aromatic N) is 1. The van der Waals surface area contributed by atoms with Crippen molar-refractivity contribution in [1.82, 2.24) is 4.90 Å². The average molecular weight is 215 g/mol. The van der Waals surface area contributed by atoms with Crippen LogP contribution >= 0.6 is 0 Å². The molecule has 1 aromatic carbocycles. The Morgan fingerprint density at radius 3 is 3.00 bits per heavy atom. The SMILES string of the molecule is CN1CCCCC1c1occ2ccccc12. The highest BCUT2D eigenvalue weighted by atomic mass is 16.3. The molecule has 2 heteroatoms. The molecule has 84 valence electrons. The third-order valence-corrected chi connectivity index (χ3v) is 3.61. The number of rotatable bonds is 1. The van der Waals surface area contributed by atoms with Crippen LogP contribution in [0.5, 0.6) is 0 Å². The van der Waals surface area contributed by atoms with Crippen molar-refractivity contribution < 1.29 is 4.42 Å². The van der Waals surface area contributed by atoms with Gasteiger partial charge in [0.05, 0.1) is 12.3 Å². The number of hydrogen-bond donors (Lipinski definition) is 0. The van der Waals surface area contributed by atoms with E-state index in [1.165, 1.54) is 36.6 Å². The summed E-state index contributed by atoms with van der Waals surface area (Å²) >= 11 is 0. The molecule has 1 saturated heterocycles. The summed E-state index contributed by atoms with van der Waals surface area (Å²) in [6.07, 6.45) is 5.72. The molecular formula is C14H17NO. The summed E-state index contributed by atoms with van der Waals surface area (Å²) in [7, 11) is 2.20. The second kappa shape index (κ2) is 3.95. The molecule has 1 atom stereocenters. The lowest BCUT2D eigenvalue weighted by molar-refractivity contribution is 0.166. The van der Waals surface area contributed by atoms with Crippen molar-refractivity contribution in [3.63, 3.8) is 0 Å². The van der Waals surface area contributed by atoms with Gasteiger partial charge in [-0.2, -0.15) is 0 Å². The van der Waals surface area contributed by atoms with Gasteiger partial charge in [-0.25, -0.2) is 0 Å². The lowest BCUT2D eigenvalue weighted by Crippen LogP contribution is -2.29. The summed E-state index contributed by atoms with van der Waals surface area (Å²) in [5.74, 6) is 1.15. The molecule has 3 rings (SSSR count). The van der Waals surface area contributed by atoms with Gasteiger partial charge in [-0.15, -0.1) is 0 Å². The molecule has 0 bridgehead atoms. The van der Waals surface area contributed by atoms with Gasteiger partial charge in [0.15, 0.2) is 0 Å². The molecule has 16 heavy (non-hydrogen) atoms. The highest BCUT2D eigenvalue weighted by Gasteiger charge is 2.24. The lowest BCUT2D eigenvalue weighted by atomic mass is 9.98. The van der Waals surface area contributed by atoms with Crippen LogP contribution in [-0.4, -0.2) is 18.5 Å². The predicted molar refractivity (Wildman–Crippen MR) is 65.4 cm³/mol. The van der Waals surface area contributed by atoms with Crippen LogP contribution in [0.3, 0.4) is 0 Å². The van der Waals surface area contributed by atoms with E-state index in [1.807, 2.05) is 6.26 Å². The van der Waals surface area contributed by atoms with Crippen molar-refractivity contribution in [3.05, 3.63) is 36.3 Å². The zero-order valence-electron chi connectivity index (χ0n) is 9.65. The van der Waals surface area contributed by atoms with E-state index in [1.54, 1.807) is 0 Å². The molecule has 0 N–H and O–H groups in total. The van der Waals surface area contributed by atoms with E-state index >= 15 is 0 Å². The van der Waals surface area contributed by atoms with Gasteiger partial charge >= 0.3 is 0 Å². The van der Waals surface area contributed by atoms with Crippen LogP contribution in [0, 0.1) is 0 Å². The molecule has 2 aromatic rings. The average Bonchev–Trinajstić information content (AvgIpc) is 2.74. The van der Waals surface area contributed by atoms with E-state index in [9.17, 15) is 0 Å². The monoisotopic (exact) mass is 215 g/mol. The zero-order valence-corrected chi connectivity index (χ0v) is 9.65. The van der Waals surface area contributed by atoms with Crippen LogP contribution in [0.15, 0.2) is 34.9 Å². The normalized spacial score (nSPS) is 22.7. The predicted octanol–water partition coefficient (Wildman–Crippen LogP) is 3.59. The minimum absolute atomic E-state index is 0.466. The van der Waals surface area contributed by atoms with E-state index in [-0.39, 0.29) is 0 Å². The summed E-state index contributed by atoms with van der Waals surface area (Å²) in [5.41, 5.74) is 0. The van der Waals surface area contributed by atoms with Crippen molar-refractivity contribution in [2.75, 3.05) is 13.6 Å². The Morgan fingerprint density at radius 2 is 2.12 bits per heavy atom. The van der Waals surface area contributed by atoms with Crippen LogP contribution in [0.1, 0.15) is 31.1 Å². The Labute approximate surface area is 95.9 Å². The summed E-state index contributed by atoms with van der Waals surface area (Å²) in [6, 6.07) is 8.90. The largest absolute Gasteiger partial charge is 0.466 e. The maximum Gasteiger partial charge on any atom is 0.128 e. The maximum absolute atomic E-state index is 5.78. The number of piperidine rings is 1. The molecule has 2 nitrogen and oxygen atoms in total. The fourth-order valence-corrected chi connectivity index (χ4v) is 2.68. The summed E-state index contributed by atoms with van der Waals surface area (Å²) in [4.78, 5) is 2.41. The number of fused-ring (bicyclic) bond motifs is 1. The van der Waals surface area contributed by atoms with E-state index in [0.717, 1.165) is 5.76 Å². The van der Waals surface area contributed by atoms with Gasteiger partial charge < -0.3 is 4.42 Å². The van der Waals surface area contributed by atoms with Gasteiger partial charge in [0.1, 0.15) is 5.76 Å². The highest BCUT2D eigenvalue weighted by molar-refractivity contribution is 5.84. The summed E-state index contributed by atoms with van der Waals surface area (Å²) in [6.45, 7) is 1.18. The molecular weight excluding hydrogens is 198 g/mol. The Kier molecular flexibility index (Phi) is 2.44. The first-order chi connectivity index (χ1) is 7.86. The van der Waals surface area contributed by atoms with E-state index in [4.69, 9.17) is 4.42 Å². The fraction of sp³-hybridized carbons (Fsp3) is 0.429. The first kappa shape index (κ1) is 9.91. The third-order valence-electron chi connectivity index (χ3n) is 3.61. The Hall–Kier alpha value is -1.28. The van der Waals surface area contributed by atoms with Gasteiger partial charge in [-0.3, -0.25) is 4.90 Å². The van der Waals surface area contributed by atoms with Crippen molar-refractivity contribution in [3.8, 4) is 0 Å². The number of hydrogen-bond acceptors (Lipinski definition) is 2. The Bertz CT molecular complexity index is 488. The van der Waals surface area contributed by atoms with Crippen LogP contribution in [0.4, 0.5) is 0 Å². The number of furan rings is 1. The Morgan fingerprint density at radius 1 is 1.25 bits per heavy atom. The maximum atomic E-state index is 5.78.